The zero-order valence-electron chi connectivity index (χ0n) is 49.9. The molecule has 0 atom stereocenters. The third kappa shape index (κ3) is 7.63. The monoisotopic (exact) mass is 1060 g/mol. The van der Waals surface area contributed by atoms with E-state index in [0.717, 1.165) is 65.7 Å². The van der Waals surface area contributed by atoms with E-state index in [1.807, 2.05) is 12.1 Å². The first-order chi connectivity index (χ1) is 43.2. The van der Waals surface area contributed by atoms with Crippen LogP contribution in [0.15, 0.2) is 308 Å². The summed E-state index contributed by atoms with van der Waals surface area (Å²) in [5, 5.41) is 21.5. The quantitative estimate of drug-likeness (QED) is 0.119. The lowest BCUT2D eigenvalue weighted by Crippen LogP contribution is -1.91. The van der Waals surface area contributed by atoms with E-state index in [9.17, 15) is 0 Å². The highest BCUT2D eigenvalue weighted by Gasteiger charge is 2.20. The zero-order valence-corrected chi connectivity index (χ0v) is 44.9. The second-order valence-corrected chi connectivity index (χ2v) is 21.8. The standard InChI is InChI=1S/C44H26.C38H24O/c1-2-6-27(7-3-1)34-24-35(37-20-16-32-14-12-28-8-4-10-30-18-22-39(37)43(32)41(28)30)26-36(25-34)38-21-17-33-15-13-29-9-5-11-31-19-23-40(38)44(33)42(29)31;1-3-11-25(12-4-1)27-19-21-35-33(23-27)34-24-28(20-22-36(34)39-35)38-31-17-9-7-15-29(31)37(26-13-5-2-6-14-26)30-16-8-10-18-32(30)38/h1-26H;1-24H/i1D,2D,3D,6D,7D;. The first kappa shape index (κ1) is 42.1. The van der Waals surface area contributed by atoms with Crippen molar-refractivity contribution in [3.05, 3.63) is 303 Å². The highest BCUT2D eigenvalue weighted by molar-refractivity contribution is 6.28. The molecule has 1 aromatic heterocycles. The summed E-state index contributed by atoms with van der Waals surface area (Å²) in [5.74, 6) is 0. The lowest BCUT2D eigenvalue weighted by Gasteiger charge is -2.18. The Morgan fingerprint density at radius 3 is 1.12 bits per heavy atom. The van der Waals surface area contributed by atoms with Crippen LogP contribution in [0.25, 0.3) is 175 Å². The molecular weight excluding hydrogens is 1000 g/mol. The van der Waals surface area contributed by atoms with Crippen LogP contribution in [-0.4, -0.2) is 0 Å². The van der Waals surface area contributed by atoms with Crippen molar-refractivity contribution in [2.45, 2.75) is 0 Å². The van der Waals surface area contributed by atoms with Gasteiger partial charge >= 0.3 is 0 Å². The Hall–Kier alpha value is -10.9. The summed E-state index contributed by atoms with van der Waals surface area (Å²) in [6.07, 6.45) is 0. The van der Waals surface area contributed by atoms with Crippen LogP contribution in [0.1, 0.15) is 6.85 Å². The summed E-state index contributed by atoms with van der Waals surface area (Å²) >= 11 is 0. The smallest absolute Gasteiger partial charge is 0.135 e. The molecule has 0 amide bonds. The van der Waals surface area contributed by atoms with Crippen LogP contribution in [0.5, 0.6) is 0 Å². The summed E-state index contributed by atoms with van der Waals surface area (Å²) in [7, 11) is 0. The number of hydrogen-bond acceptors (Lipinski definition) is 1. The molecule has 1 nitrogen and oxygen atoms in total. The highest BCUT2D eigenvalue weighted by Crippen LogP contribution is 2.47. The number of benzene rings is 17. The van der Waals surface area contributed by atoms with Gasteiger partial charge in [0.15, 0.2) is 0 Å². The largest absolute Gasteiger partial charge is 0.456 e. The van der Waals surface area contributed by atoms with E-state index in [-0.39, 0.29) is 29.7 Å². The summed E-state index contributed by atoms with van der Waals surface area (Å²) in [6.45, 7) is 0. The van der Waals surface area contributed by atoms with Crippen molar-refractivity contribution in [2.24, 2.45) is 0 Å². The first-order valence-electron chi connectivity index (χ1n) is 30.8. The SMILES string of the molecule is [2H]c1c([2H])c([2H])c(-c2cc(-c3ccc4ccc5cccc6ccc3c4c56)cc(-c3ccc4ccc5cccc6ccc3c4c56)c2)c([2H])c1[2H].c1ccc(-c2ccc3oc4ccc(-c5c6ccccc6c(-c6ccccc6)c6ccccc56)cc4c3c2)cc1. The Labute approximate surface area is 486 Å². The van der Waals surface area contributed by atoms with Gasteiger partial charge in [-0.15, -0.1) is 0 Å². The maximum absolute atomic E-state index is 8.90. The van der Waals surface area contributed by atoms with Gasteiger partial charge in [-0.3, -0.25) is 0 Å². The van der Waals surface area contributed by atoms with Gasteiger partial charge < -0.3 is 4.42 Å². The maximum Gasteiger partial charge on any atom is 0.135 e. The molecule has 0 aliphatic rings. The first-order valence-corrected chi connectivity index (χ1v) is 28.3. The zero-order chi connectivity index (χ0) is 58.9. The van der Waals surface area contributed by atoms with Crippen LogP contribution >= 0.6 is 0 Å². The second-order valence-electron chi connectivity index (χ2n) is 21.8. The fraction of sp³-hybridized carbons (Fsp3) is 0. The van der Waals surface area contributed by atoms with E-state index in [1.54, 1.807) is 0 Å². The van der Waals surface area contributed by atoms with Crippen molar-refractivity contribution in [1.29, 1.82) is 0 Å². The fourth-order valence-electron chi connectivity index (χ4n) is 13.5. The van der Waals surface area contributed by atoms with Crippen molar-refractivity contribution in [2.75, 3.05) is 0 Å². The minimum Gasteiger partial charge on any atom is -0.456 e. The summed E-state index contributed by atoms with van der Waals surface area (Å²) in [5.41, 5.74) is 13.9. The van der Waals surface area contributed by atoms with Gasteiger partial charge in [0, 0.05) is 10.8 Å². The van der Waals surface area contributed by atoms with Crippen LogP contribution < -0.4 is 0 Å². The van der Waals surface area contributed by atoms with Crippen LogP contribution in [-0.2, 0) is 0 Å². The molecule has 18 rings (SSSR count). The fourth-order valence-corrected chi connectivity index (χ4v) is 13.5. The lowest BCUT2D eigenvalue weighted by atomic mass is 9.86. The van der Waals surface area contributed by atoms with Gasteiger partial charge in [-0.2, -0.15) is 0 Å². The molecular formula is C82H50O. The molecule has 0 fully saturated rings. The normalized spacial score (nSPS) is 12.7. The minimum absolute atomic E-state index is 0.199. The van der Waals surface area contributed by atoms with Crippen LogP contribution in [0, 0.1) is 0 Å². The Morgan fingerprint density at radius 2 is 0.614 bits per heavy atom. The van der Waals surface area contributed by atoms with Crippen molar-refractivity contribution in [3.63, 3.8) is 0 Å². The van der Waals surface area contributed by atoms with Gasteiger partial charge in [0.25, 0.3) is 0 Å². The number of fused-ring (bicyclic) bond motifs is 5. The molecule has 17 aromatic carbocycles. The molecule has 0 saturated carbocycles. The van der Waals surface area contributed by atoms with E-state index in [4.69, 9.17) is 11.3 Å². The molecule has 0 aliphatic carbocycles. The molecule has 83 heavy (non-hydrogen) atoms. The third-order valence-electron chi connectivity index (χ3n) is 17.3. The molecule has 1 heteroatoms. The molecule has 0 unspecified atom stereocenters. The maximum atomic E-state index is 8.90. The van der Waals surface area contributed by atoms with Crippen molar-refractivity contribution >= 4 is 108 Å². The van der Waals surface area contributed by atoms with Gasteiger partial charge in [-0.1, -0.05) is 261 Å². The molecule has 384 valence electrons. The summed E-state index contributed by atoms with van der Waals surface area (Å²) in [6, 6.07) is 95.5. The van der Waals surface area contributed by atoms with E-state index >= 15 is 0 Å². The molecule has 0 spiro atoms. The molecule has 0 N–H and O–H groups in total. The van der Waals surface area contributed by atoms with Crippen LogP contribution in [0.3, 0.4) is 0 Å². The van der Waals surface area contributed by atoms with Gasteiger partial charge in [0.2, 0.25) is 0 Å². The van der Waals surface area contributed by atoms with Crippen molar-refractivity contribution in [3.8, 4) is 66.8 Å². The topological polar surface area (TPSA) is 13.1 Å². The van der Waals surface area contributed by atoms with Gasteiger partial charge in [-0.05, 0) is 195 Å². The molecule has 0 radical (unpaired) electrons. The van der Waals surface area contributed by atoms with Gasteiger partial charge in [-0.25, -0.2) is 0 Å². The average Bonchev–Trinajstić information content (AvgIpc) is 0.999. The van der Waals surface area contributed by atoms with E-state index in [0.29, 0.717) is 5.56 Å². The van der Waals surface area contributed by atoms with Crippen LogP contribution in [0.2, 0.25) is 0 Å². The highest BCUT2D eigenvalue weighted by atomic mass is 16.3. The number of rotatable bonds is 6. The summed E-state index contributed by atoms with van der Waals surface area (Å²) < 4.78 is 49.3. The number of hydrogen-bond donors (Lipinski definition) is 0. The molecule has 0 aliphatic heterocycles. The van der Waals surface area contributed by atoms with Crippen molar-refractivity contribution in [1.82, 2.24) is 0 Å². The van der Waals surface area contributed by atoms with Crippen LogP contribution in [0.4, 0.5) is 0 Å². The Bertz CT molecular complexity index is 5580. The molecule has 18 aromatic rings. The van der Waals surface area contributed by atoms with E-state index in [2.05, 4.69) is 261 Å². The lowest BCUT2D eigenvalue weighted by molar-refractivity contribution is 0.669. The van der Waals surface area contributed by atoms with Gasteiger partial charge in [0.1, 0.15) is 11.2 Å². The Balaban J connectivity index is 0.000000140. The predicted molar refractivity (Wildman–Crippen MR) is 355 cm³/mol. The number of furan rings is 1. The molecule has 1 heterocycles. The van der Waals surface area contributed by atoms with E-state index < -0.39 is 6.04 Å². The van der Waals surface area contributed by atoms with Crippen molar-refractivity contribution < 1.29 is 11.3 Å². The van der Waals surface area contributed by atoms with E-state index in [1.165, 1.54) is 98.0 Å². The second kappa shape index (κ2) is 18.9. The third-order valence-corrected chi connectivity index (χ3v) is 17.3. The summed E-state index contributed by atoms with van der Waals surface area (Å²) in [4.78, 5) is 0. The Morgan fingerprint density at radius 1 is 0.217 bits per heavy atom. The minimum atomic E-state index is -0.395. The predicted octanol–water partition coefficient (Wildman–Crippen LogP) is 23.4. The average molecular weight is 1060 g/mol. The van der Waals surface area contributed by atoms with Gasteiger partial charge in [0.05, 0.1) is 6.85 Å². The Kier molecular flexibility index (Phi) is 9.57. The molecule has 0 saturated heterocycles. The molecule has 0 bridgehead atoms.